The van der Waals surface area contributed by atoms with Crippen molar-refractivity contribution >= 4 is 22.8 Å². The maximum atomic E-state index is 5.72. The number of imidazole rings is 1. The summed E-state index contributed by atoms with van der Waals surface area (Å²) in [5.74, 6) is 4.65. The van der Waals surface area contributed by atoms with E-state index < -0.39 is 0 Å². The number of rotatable bonds is 4. The van der Waals surface area contributed by atoms with E-state index in [9.17, 15) is 0 Å². The molecular formula is C28H29N3S. The first-order chi connectivity index (χ1) is 15.6. The quantitative estimate of drug-likeness (QED) is 0.297. The average molecular weight is 440 g/mol. The van der Waals surface area contributed by atoms with Crippen LogP contribution in [0.2, 0.25) is 0 Å². The lowest BCUT2D eigenvalue weighted by Crippen LogP contribution is -2.18. The van der Waals surface area contributed by atoms with Gasteiger partial charge in [-0.2, -0.15) is 0 Å². The molecule has 0 radical (unpaired) electrons. The number of thiophene rings is 1. The minimum atomic E-state index is 0.753. The highest BCUT2D eigenvalue weighted by molar-refractivity contribution is 7.13. The second-order valence-corrected chi connectivity index (χ2v) is 9.87. The molecule has 0 spiro atoms. The van der Waals surface area contributed by atoms with E-state index in [4.69, 9.17) is 11.4 Å². The smallest absolute Gasteiger partial charge is 0.139 e. The van der Waals surface area contributed by atoms with Gasteiger partial charge >= 0.3 is 0 Å². The standard InChI is InChI=1S/C22H25N3S.C6H4/c1-4-18-10-11-26-21(18)20-22(23-14-17-8-6-5-7-9-17)25-16(3)12-15(2)13-19(25)24-20;1-2-5-4-6(5)3-1/h1,10-13,17,23H,5-9,14H2,2-3H3;1-4H. The molecule has 0 bridgehead atoms. The summed E-state index contributed by atoms with van der Waals surface area (Å²) in [5.41, 5.74) is 8.17. The van der Waals surface area contributed by atoms with E-state index in [1.54, 1.807) is 11.3 Å². The number of hydrogen-bond donors (Lipinski definition) is 1. The zero-order chi connectivity index (χ0) is 22.1. The minimum absolute atomic E-state index is 0.753. The molecule has 0 amide bonds. The van der Waals surface area contributed by atoms with Gasteiger partial charge in [-0.05, 0) is 78.9 Å². The predicted octanol–water partition coefficient (Wildman–Crippen LogP) is 7.32. The molecule has 4 heteroatoms. The highest BCUT2D eigenvalue weighted by Crippen LogP contribution is 2.36. The molecule has 162 valence electrons. The summed E-state index contributed by atoms with van der Waals surface area (Å²) < 4.78 is 2.24. The monoisotopic (exact) mass is 439 g/mol. The molecule has 6 rings (SSSR count). The van der Waals surface area contributed by atoms with Crippen molar-refractivity contribution < 1.29 is 0 Å². The van der Waals surface area contributed by atoms with Crippen molar-refractivity contribution in [3.8, 4) is 34.0 Å². The Morgan fingerprint density at radius 1 is 1.09 bits per heavy atom. The van der Waals surface area contributed by atoms with Crippen LogP contribution in [0.1, 0.15) is 48.9 Å². The van der Waals surface area contributed by atoms with E-state index in [0.29, 0.717) is 0 Å². The number of terminal acetylenes is 1. The summed E-state index contributed by atoms with van der Waals surface area (Å²) in [7, 11) is 0. The molecular weight excluding hydrogens is 410 g/mol. The first-order valence-corrected chi connectivity index (χ1v) is 12.4. The number of pyridine rings is 1. The van der Waals surface area contributed by atoms with Crippen LogP contribution >= 0.6 is 11.3 Å². The topological polar surface area (TPSA) is 29.3 Å². The van der Waals surface area contributed by atoms with Crippen molar-refractivity contribution in [1.82, 2.24) is 9.38 Å². The lowest BCUT2D eigenvalue weighted by Gasteiger charge is -2.22. The Labute approximate surface area is 194 Å². The number of aryl methyl sites for hydroxylation is 2. The van der Waals surface area contributed by atoms with Crippen LogP contribution in [0.25, 0.3) is 27.3 Å². The van der Waals surface area contributed by atoms with Crippen LogP contribution in [0.3, 0.4) is 0 Å². The van der Waals surface area contributed by atoms with Crippen molar-refractivity contribution in [2.45, 2.75) is 46.0 Å². The molecule has 0 aromatic carbocycles. The Bertz CT molecular complexity index is 1280. The van der Waals surface area contributed by atoms with Crippen LogP contribution in [0.15, 0.2) is 47.8 Å². The van der Waals surface area contributed by atoms with E-state index in [2.05, 4.69) is 71.3 Å². The summed E-state index contributed by atoms with van der Waals surface area (Å²) in [6.45, 7) is 5.27. The molecule has 32 heavy (non-hydrogen) atoms. The summed E-state index contributed by atoms with van der Waals surface area (Å²) >= 11 is 1.67. The Kier molecular flexibility index (Phi) is 5.76. The van der Waals surface area contributed by atoms with Crippen LogP contribution in [-0.2, 0) is 0 Å². The molecule has 1 fully saturated rings. The number of benzene rings is 1. The Hall–Kier alpha value is -3.03. The first-order valence-electron chi connectivity index (χ1n) is 11.5. The van der Waals surface area contributed by atoms with Crippen LogP contribution in [0, 0.1) is 32.1 Å². The lowest BCUT2D eigenvalue weighted by atomic mass is 9.89. The highest BCUT2D eigenvalue weighted by Gasteiger charge is 2.21. The van der Waals surface area contributed by atoms with Gasteiger partial charge in [-0.15, -0.1) is 17.8 Å². The maximum absolute atomic E-state index is 5.72. The molecule has 0 saturated heterocycles. The first kappa shape index (κ1) is 20.8. The Balaban J connectivity index is 0.000000306. The van der Waals surface area contributed by atoms with Crippen molar-refractivity contribution in [3.63, 3.8) is 0 Å². The molecule has 3 aromatic rings. The average Bonchev–Trinajstić information content (AvgIpc) is 3.17. The van der Waals surface area contributed by atoms with Gasteiger partial charge < -0.3 is 5.32 Å². The molecule has 1 saturated carbocycles. The number of aromatic nitrogens is 2. The number of hydrogen-bond acceptors (Lipinski definition) is 3. The lowest BCUT2D eigenvalue weighted by molar-refractivity contribution is 0.373. The largest absolute Gasteiger partial charge is 0.369 e. The van der Waals surface area contributed by atoms with Crippen molar-refractivity contribution in [3.05, 3.63) is 64.7 Å². The second kappa shape index (κ2) is 8.84. The SMILES string of the molecule is C#Cc1ccsc1-c1nc2cc(C)cc(C)n2c1NCC1CCCCC1.c1cc2cc-2c1. The molecule has 3 aromatic heterocycles. The van der Waals surface area contributed by atoms with E-state index in [-0.39, 0.29) is 0 Å². The van der Waals surface area contributed by atoms with Gasteiger partial charge in [-0.1, -0.05) is 43.4 Å². The maximum Gasteiger partial charge on any atom is 0.139 e. The Morgan fingerprint density at radius 3 is 2.53 bits per heavy atom. The van der Waals surface area contributed by atoms with Gasteiger partial charge in [0, 0.05) is 17.8 Å². The molecule has 3 aliphatic rings. The molecule has 1 N–H and O–H groups in total. The van der Waals surface area contributed by atoms with Crippen LogP contribution in [0.5, 0.6) is 0 Å². The summed E-state index contributed by atoms with van der Waals surface area (Å²) in [6, 6.07) is 14.8. The summed E-state index contributed by atoms with van der Waals surface area (Å²) in [6.07, 6.45) is 12.5. The Morgan fingerprint density at radius 2 is 1.88 bits per heavy atom. The van der Waals surface area contributed by atoms with Gasteiger partial charge in [-0.25, -0.2) is 4.98 Å². The second-order valence-electron chi connectivity index (χ2n) is 8.95. The fourth-order valence-corrected chi connectivity index (χ4v) is 5.61. The molecule has 3 nitrogen and oxygen atoms in total. The number of anilines is 1. The van der Waals surface area contributed by atoms with Gasteiger partial charge in [0.1, 0.15) is 17.2 Å². The van der Waals surface area contributed by atoms with Crippen LogP contribution in [-0.4, -0.2) is 15.9 Å². The molecule has 3 heterocycles. The van der Waals surface area contributed by atoms with Crippen LogP contribution in [0.4, 0.5) is 5.82 Å². The molecule has 0 atom stereocenters. The van der Waals surface area contributed by atoms with E-state index in [1.807, 2.05) is 6.07 Å². The highest BCUT2D eigenvalue weighted by atomic mass is 32.1. The van der Waals surface area contributed by atoms with Crippen molar-refractivity contribution in [1.29, 1.82) is 0 Å². The van der Waals surface area contributed by atoms with Crippen LogP contribution < -0.4 is 5.32 Å². The molecule has 0 unspecified atom stereocenters. The fourth-order valence-electron chi connectivity index (χ4n) is 4.77. The number of fused-ring (bicyclic) bond motifs is 2. The predicted molar refractivity (Wildman–Crippen MR) is 136 cm³/mol. The summed E-state index contributed by atoms with van der Waals surface area (Å²) in [4.78, 5) is 6.05. The molecule has 0 aliphatic heterocycles. The van der Waals surface area contributed by atoms with Gasteiger partial charge in [0.15, 0.2) is 0 Å². The van der Waals surface area contributed by atoms with E-state index >= 15 is 0 Å². The summed E-state index contributed by atoms with van der Waals surface area (Å²) in [5, 5.41) is 5.80. The van der Waals surface area contributed by atoms with Crippen molar-refractivity contribution in [2.75, 3.05) is 11.9 Å². The van der Waals surface area contributed by atoms with Crippen molar-refractivity contribution in [2.24, 2.45) is 5.92 Å². The third kappa shape index (κ3) is 4.18. The van der Waals surface area contributed by atoms with E-state index in [1.165, 1.54) is 54.5 Å². The van der Waals surface area contributed by atoms with Gasteiger partial charge in [0.05, 0.1) is 4.88 Å². The van der Waals surface area contributed by atoms with Gasteiger partial charge in [-0.3, -0.25) is 4.40 Å². The third-order valence-electron chi connectivity index (χ3n) is 6.48. The van der Waals surface area contributed by atoms with Gasteiger partial charge in [0.2, 0.25) is 0 Å². The zero-order valence-corrected chi connectivity index (χ0v) is 19.6. The third-order valence-corrected chi connectivity index (χ3v) is 7.40. The van der Waals surface area contributed by atoms with Gasteiger partial charge in [0.25, 0.3) is 0 Å². The zero-order valence-electron chi connectivity index (χ0n) is 18.8. The fraction of sp³-hybridized carbons (Fsp3) is 0.321. The number of nitrogens with zero attached hydrogens (tertiary/aromatic N) is 2. The minimum Gasteiger partial charge on any atom is -0.369 e. The molecule has 3 aliphatic carbocycles. The normalized spacial score (nSPS) is 14.5. The number of nitrogens with one attached hydrogen (secondary N) is 1. The van der Waals surface area contributed by atoms with E-state index in [0.717, 1.165) is 40.1 Å².